The number of hydrogen-bond donors (Lipinski definition) is 1. The Morgan fingerprint density at radius 3 is 2.81 bits per heavy atom. The van der Waals surface area contributed by atoms with Crippen LogP contribution in [0, 0.1) is 24.6 Å². The van der Waals surface area contributed by atoms with Crippen LogP contribution in [0.2, 0.25) is 0 Å². The van der Waals surface area contributed by atoms with E-state index in [1.165, 1.54) is 29.4 Å². The highest BCUT2D eigenvalue weighted by atomic mass is 32.1. The summed E-state index contributed by atoms with van der Waals surface area (Å²) in [5.41, 5.74) is 1.10. The molecule has 0 spiro atoms. The van der Waals surface area contributed by atoms with Gasteiger partial charge in [0.1, 0.15) is 12.4 Å². The molecule has 21 heavy (non-hydrogen) atoms. The summed E-state index contributed by atoms with van der Waals surface area (Å²) in [5, 5.41) is 8.72. The number of para-hydroxylation sites is 1. The number of hydrogen-bond acceptors (Lipinski definition) is 3. The lowest BCUT2D eigenvalue weighted by atomic mass is 10.2. The number of benzene rings is 1. The van der Waals surface area contributed by atoms with Crippen LogP contribution >= 0.6 is 11.3 Å². The number of halogens is 1. The maximum absolute atomic E-state index is 13.7. The standard InChI is InChI=1S/C16H14FNO2S/c1-11-10-15(21-14(11)8-5-9-19)16(20)18(2)13-7-4-3-6-12(13)17/h3-4,6-7,10,19H,9H2,1-2H3. The minimum atomic E-state index is -0.443. The molecule has 5 heteroatoms. The van der Waals surface area contributed by atoms with Crippen LogP contribution in [-0.4, -0.2) is 24.7 Å². The first kappa shape index (κ1) is 15.2. The van der Waals surface area contributed by atoms with Crippen LogP contribution in [0.1, 0.15) is 20.1 Å². The number of anilines is 1. The van der Waals surface area contributed by atoms with Gasteiger partial charge in [-0.25, -0.2) is 4.39 Å². The summed E-state index contributed by atoms with van der Waals surface area (Å²) in [6, 6.07) is 7.86. The molecule has 1 aromatic heterocycles. The van der Waals surface area contributed by atoms with E-state index in [0.717, 1.165) is 10.4 Å². The van der Waals surface area contributed by atoms with E-state index in [2.05, 4.69) is 11.8 Å². The average Bonchev–Trinajstić information content (AvgIpc) is 2.85. The van der Waals surface area contributed by atoms with Crippen molar-refractivity contribution in [2.45, 2.75) is 6.92 Å². The van der Waals surface area contributed by atoms with Crippen molar-refractivity contribution in [1.82, 2.24) is 0 Å². The average molecular weight is 303 g/mol. The highest BCUT2D eigenvalue weighted by Gasteiger charge is 2.19. The fraction of sp³-hybridized carbons (Fsp3) is 0.188. The minimum Gasteiger partial charge on any atom is -0.384 e. The number of aliphatic hydroxyl groups excluding tert-OH is 1. The summed E-state index contributed by atoms with van der Waals surface area (Å²) < 4.78 is 13.7. The molecule has 1 N–H and O–H groups in total. The van der Waals surface area contributed by atoms with Gasteiger partial charge < -0.3 is 10.0 Å². The number of aryl methyl sites for hydroxylation is 1. The van der Waals surface area contributed by atoms with Gasteiger partial charge in [0, 0.05) is 7.05 Å². The molecule has 1 aromatic carbocycles. The van der Waals surface area contributed by atoms with Crippen molar-refractivity contribution >= 4 is 22.9 Å². The Hall–Kier alpha value is -2.16. The van der Waals surface area contributed by atoms with Crippen molar-refractivity contribution in [2.24, 2.45) is 0 Å². The van der Waals surface area contributed by atoms with Gasteiger partial charge in [0.2, 0.25) is 0 Å². The second-order valence-electron chi connectivity index (χ2n) is 4.40. The summed E-state index contributed by atoms with van der Waals surface area (Å²) in [7, 11) is 1.54. The molecule has 2 aromatic rings. The number of aliphatic hydroxyl groups is 1. The number of thiophene rings is 1. The maximum atomic E-state index is 13.7. The fourth-order valence-electron chi connectivity index (χ4n) is 1.83. The molecule has 0 saturated heterocycles. The topological polar surface area (TPSA) is 40.5 Å². The molecule has 3 nitrogen and oxygen atoms in total. The third-order valence-corrected chi connectivity index (χ3v) is 4.07. The lowest BCUT2D eigenvalue weighted by molar-refractivity contribution is 0.0996. The van der Waals surface area contributed by atoms with Crippen LogP contribution in [0.25, 0.3) is 0 Å². The molecule has 0 fully saturated rings. The molecule has 0 unspecified atom stereocenters. The third-order valence-electron chi connectivity index (χ3n) is 2.93. The van der Waals surface area contributed by atoms with Gasteiger partial charge in [-0.2, -0.15) is 0 Å². The van der Waals surface area contributed by atoms with Crippen LogP contribution in [0.4, 0.5) is 10.1 Å². The number of carbonyl (C=O) groups excluding carboxylic acids is 1. The van der Waals surface area contributed by atoms with Crippen LogP contribution < -0.4 is 4.90 Å². The molecule has 0 aliphatic carbocycles. The maximum Gasteiger partial charge on any atom is 0.268 e. The van der Waals surface area contributed by atoms with Crippen LogP contribution in [0.15, 0.2) is 30.3 Å². The van der Waals surface area contributed by atoms with Crippen molar-refractivity contribution in [3.63, 3.8) is 0 Å². The molecule has 2 rings (SSSR count). The number of nitrogens with zero attached hydrogens (tertiary/aromatic N) is 1. The fourth-order valence-corrected chi connectivity index (χ4v) is 2.85. The third kappa shape index (κ3) is 3.30. The molecule has 0 atom stereocenters. The van der Waals surface area contributed by atoms with E-state index >= 15 is 0 Å². The number of amides is 1. The van der Waals surface area contributed by atoms with E-state index in [1.54, 1.807) is 24.3 Å². The van der Waals surface area contributed by atoms with Gasteiger partial charge in [0.25, 0.3) is 5.91 Å². The van der Waals surface area contributed by atoms with Crippen molar-refractivity contribution < 1.29 is 14.3 Å². The van der Waals surface area contributed by atoms with Gasteiger partial charge >= 0.3 is 0 Å². The van der Waals surface area contributed by atoms with E-state index in [0.29, 0.717) is 4.88 Å². The molecule has 0 saturated carbocycles. The molecule has 0 aliphatic heterocycles. The smallest absolute Gasteiger partial charge is 0.268 e. The summed E-state index contributed by atoms with van der Waals surface area (Å²) in [6.07, 6.45) is 0. The Morgan fingerprint density at radius 2 is 2.14 bits per heavy atom. The first-order valence-corrected chi connectivity index (χ1v) is 7.09. The molecular weight excluding hydrogens is 289 g/mol. The number of carbonyl (C=O) groups is 1. The van der Waals surface area contributed by atoms with Crippen molar-refractivity contribution in [1.29, 1.82) is 0 Å². The highest BCUT2D eigenvalue weighted by molar-refractivity contribution is 7.14. The zero-order valence-corrected chi connectivity index (χ0v) is 12.5. The van der Waals surface area contributed by atoms with E-state index < -0.39 is 5.82 Å². The zero-order valence-electron chi connectivity index (χ0n) is 11.7. The second-order valence-corrected chi connectivity index (χ2v) is 5.45. The van der Waals surface area contributed by atoms with Crippen molar-refractivity contribution in [2.75, 3.05) is 18.6 Å². The molecule has 1 amide bonds. The molecule has 108 valence electrons. The summed E-state index contributed by atoms with van der Waals surface area (Å²) in [6.45, 7) is 1.62. The zero-order chi connectivity index (χ0) is 15.4. The molecular formula is C16H14FNO2S. The highest BCUT2D eigenvalue weighted by Crippen LogP contribution is 2.25. The van der Waals surface area contributed by atoms with Gasteiger partial charge in [-0.3, -0.25) is 4.79 Å². The lowest BCUT2D eigenvalue weighted by Gasteiger charge is -2.16. The lowest BCUT2D eigenvalue weighted by Crippen LogP contribution is -2.26. The minimum absolute atomic E-state index is 0.226. The van der Waals surface area contributed by atoms with Crippen LogP contribution in [0.3, 0.4) is 0 Å². The van der Waals surface area contributed by atoms with E-state index in [4.69, 9.17) is 5.11 Å². The SMILES string of the molecule is Cc1cc(C(=O)N(C)c2ccccc2F)sc1C#CCO. The Morgan fingerprint density at radius 1 is 1.43 bits per heavy atom. The van der Waals surface area contributed by atoms with Gasteiger partial charge in [-0.15, -0.1) is 11.3 Å². The first-order valence-electron chi connectivity index (χ1n) is 6.27. The van der Waals surface area contributed by atoms with Gasteiger partial charge in [0.05, 0.1) is 15.4 Å². The van der Waals surface area contributed by atoms with Crippen LogP contribution in [0.5, 0.6) is 0 Å². The first-order chi connectivity index (χ1) is 10.0. The van der Waals surface area contributed by atoms with Crippen molar-refractivity contribution in [3.05, 3.63) is 51.5 Å². The Balaban J connectivity index is 2.30. The predicted octanol–water partition coefficient (Wildman–Crippen LogP) is 2.82. The molecule has 0 bridgehead atoms. The predicted molar refractivity (Wildman–Crippen MR) is 82.2 cm³/mol. The normalized spacial score (nSPS) is 9.90. The van der Waals surface area contributed by atoms with Gasteiger partial charge in [-0.1, -0.05) is 24.0 Å². The van der Waals surface area contributed by atoms with Gasteiger partial charge in [-0.05, 0) is 30.7 Å². The Labute approximate surface area is 126 Å². The van der Waals surface area contributed by atoms with Gasteiger partial charge in [0.15, 0.2) is 0 Å². The summed E-state index contributed by atoms with van der Waals surface area (Å²) >= 11 is 1.24. The van der Waals surface area contributed by atoms with Crippen LogP contribution in [-0.2, 0) is 0 Å². The quantitative estimate of drug-likeness (QED) is 0.867. The van der Waals surface area contributed by atoms with Crippen molar-refractivity contribution in [3.8, 4) is 11.8 Å². The summed E-state index contributed by atoms with van der Waals surface area (Å²) in [5.74, 6) is 4.63. The van der Waals surface area contributed by atoms with E-state index in [9.17, 15) is 9.18 Å². The largest absolute Gasteiger partial charge is 0.384 e. The molecule has 0 aliphatic rings. The van der Waals surface area contributed by atoms with E-state index in [-0.39, 0.29) is 18.2 Å². The molecule has 0 radical (unpaired) electrons. The second kappa shape index (κ2) is 6.53. The molecule has 1 heterocycles. The Kier molecular flexibility index (Phi) is 4.73. The monoisotopic (exact) mass is 303 g/mol. The summed E-state index contributed by atoms with van der Waals surface area (Å²) in [4.78, 5) is 14.9. The van der Waals surface area contributed by atoms with E-state index in [1.807, 2.05) is 6.92 Å². The number of rotatable bonds is 2. The Bertz CT molecular complexity index is 727.